The molecule has 2 atom stereocenters. The van der Waals surface area contributed by atoms with Gasteiger partial charge in [-0.15, -0.1) is 0 Å². The van der Waals surface area contributed by atoms with Crippen molar-refractivity contribution in [3.05, 3.63) is 29.6 Å². The fourth-order valence-electron chi connectivity index (χ4n) is 1.44. The maximum absolute atomic E-state index is 13.0. The molecule has 3 heteroatoms. The molecule has 0 saturated heterocycles. The largest absolute Gasteiger partial charge is 0.496 e. The Bertz CT molecular complexity index is 325. The topological polar surface area (TPSA) is 35.2 Å². The van der Waals surface area contributed by atoms with Crippen molar-refractivity contribution in [2.45, 2.75) is 26.3 Å². The number of nitrogens with two attached hydrogens (primary N) is 1. The molecule has 0 aliphatic carbocycles. The van der Waals surface area contributed by atoms with Gasteiger partial charge in [-0.05, 0) is 43.0 Å². The van der Waals surface area contributed by atoms with Crippen LogP contribution < -0.4 is 10.5 Å². The van der Waals surface area contributed by atoms with Gasteiger partial charge in [0.1, 0.15) is 11.6 Å². The molecule has 2 nitrogen and oxygen atoms in total. The standard InChI is InChI=1S/C12H18FNO/c1-8(9(2)14)6-10-7-11(13)4-5-12(10)15-3/h4-5,7-9H,6,14H2,1-3H3. The van der Waals surface area contributed by atoms with Crippen molar-refractivity contribution in [2.75, 3.05) is 7.11 Å². The number of rotatable bonds is 4. The van der Waals surface area contributed by atoms with Crippen molar-refractivity contribution in [1.29, 1.82) is 0 Å². The van der Waals surface area contributed by atoms with E-state index in [-0.39, 0.29) is 11.9 Å². The Balaban J connectivity index is 2.87. The van der Waals surface area contributed by atoms with Crippen LogP contribution in [-0.2, 0) is 6.42 Å². The summed E-state index contributed by atoms with van der Waals surface area (Å²) in [6.45, 7) is 4.01. The summed E-state index contributed by atoms with van der Waals surface area (Å²) in [6, 6.07) is 4.66. The Kier molecular flexibility index (Phi) is 4.09. The van der Waals surface area contributed by atoms with Crippen LogP contribution in [-0.4, -0.2) is 13.2 Å². The van der Waals surface area contributed by atoms with Crippen LogP contribution in [0.15, 0.2) is 18.2 Å². The van der Waals surface area contributed by atoms with Crippen LogP contribution in [0.5, 0.6) is 5.75 Å². The molecule has 0 amide bonds. The zero-order valence-corrected chi connectivity index (χ0v) is 9.46. The third-order valence-electron chi connectivity index (χ3n) is 2.68. The molecule has 0 spiro atoms. The zero-order valence-electron chi connectivity index (χ0n) is 9.46. The monoisotopic (exact) mass is 211 g/mol. The van der Waals surface area contributed by atoms with Gasteiger partial charge in [0, 0.05) is 6.04 Å². The maximum atomic E-state index is 13.0. The van der Waals surface area contributed by atoms with E-state index in [0.717, 1.165) is 17.7 Å². The smallest absolute Gasteiger partial charge is 0.123 e. The highest BCUT2D eigenvalue weighted by atomic mass is 19.1. The van der Waals surface area contributed by atoms with Crippen LogP contribution in [0.1, 0.15) is 19.4 Å². The van der Waals surface area contributed by atoms with Gasteiger partial charge in [-0.1, -0.05) is 6.92 Å². The first-order valence-corrected chi connectivity index (χ1v) is 5.12. The highest BCUT2D eigenvalue weighted by Crippen LogP contribution is 2.23. The Morgan fingerprint density at radius 3 is 2.60 bits per heavy atom. The van der Waals surface area contributed by atoms with E-state index in [1.54, 1.807) is 13.2 Å². The molecular weight excluding hydrogens is 193 g/mol. The summed E-state index contributed by atoms with van der Waals surface area (Å²) in [5.74, 6) is 0.798. The number of methoxy groups -OCH3 is 1. The van der Waals surface area contributed by atoms with E-state index in [2.05, 4.69) is 6.92 Å². The molecule has 0 heterocycles. The van der Waals surface area contributed by atoms with Crippen LogP contribution >= 0.6 is 0 Å². The van der Waals surface area contributed by atoms with Crippen LogP contribution in [0.2, 0.25) is 0 Å². The van der Waals surface area contributed by atoms with Gasteiger partial charge in [0.05, 0.1) is 7.11 Å². The van der Waals surface area contributed by atoms with Crippen LogP contribution in [0.25, 0.3) is 0 Å². The minimum Gasteiger partial charge on any atom is -0.496 e. The first kappa shape index (κ1) is 12.0. The number of hydrogen-bond acceptors (Lipinski definition) is 2. The summed E-state index contributed by atoms with van der Waals surface area (Å²) in [6.07, 6.45) is 0.735. The van der Waals surface area contributed by atoms with Gasteiger partial charge >= 0.3 is 0 Å². The van der Waals surface area contributed by atoms with E-state index in [4.69, 9.17) is 10.5 Å². The predicted molar refractivity (Wildman–Crippen MR) is 59.5 cm³/mol. The molecule has 0 aromatic heterocycles. The Labute approximate surface area is 90.2 Å². The lowest BCUT2D eigenvalue weighted by Crippen LogP contribution is -2.25. The van der Waals surface area contributed by atoms with Crippen LogP contribution in [0.4, 0.5) is 4.39 Å². The Morgan fingerprint density at radius 1 is 1.40 bits per heavy atom. The number of ether oxygens (including phenoxy) is 1. The first-order chi connectivity index (χ1) is 7.04. The molecule has 0 bridgehead atoms. The second kappa shape index (κ2) is 5.12. The van der Waals surface area contributed by atoms with E-state index in [1.807, 2.05) is 6.92 Å². The highest BCUT2D eigenvalue weighted by molar-refractivity contribution is 5.34. The second-order valence-corrected chi connectivity index (χ2v) is 4.00. The molecule has 0 fully saturated rings. The van der Waals surface area contributed by atoms with Gasteiger partial charge in [0.15, 0.2) is 0 Å². The minimum absolute atomic E-state index is 0.0953. The summed E-state index contributed by atoms with van der Waals surface area (Å²) in [4.78, 5) is 0. The molecule has 2 unspecified atom stereocenters. The van der Waals surface area contributed by atoms with E-state index in [9.17, 15) is 4.39 Å². The van der Waals surface area contributed by atoms with Crippen molar-refractivity contribution in [3.63, 3.8) is 0 Å². The van der Waals surface area contributed by atoms with Gasteiger partial charge in [-0.25, -0.2) is 4.39 Å². The van der Waals surface area contributed by atoms with E-state index in [0.29, 0.717) is 5.92 Å². The summed E-state index contributed by atoms with van der Waals surface area (Å²) < 4.78 is 18.2. The Hall–Kier alpha value is -1.09. The van der Waals surface area contributed by atoms with E-state index in [1.165, 1.54) is 12.1 Å². The molecule has 1 rings (SSSR count). The van der Waals surface area contributed by atoms with Crippen LogP contribution in [0, 0.1) is 11.7 Å². The maximum Gasteiger partial charge on any atom is 0.123 e. The molecule has 1 aromatic carbocycles. The molecule has 1 aromatic rings. The lowest BCUT2D eigenvalue weighted by atomic mass is 9.95. The van der Waals surface area contributed by atoms with Crippen molar-refractivity contribution in [1.82, 2.24) is 0 Å². The summed E-state index contributed by atoms with van der Waals surface area (Å²) in [7, 11) is 1.59. The fourth-order valence-corrected chi connectivity index (χ4v) is 1.44. The first-order valence-electron chi connectivity index (χ1n) is 5.12. The molecule has 0 saturated carbocycles. The van der Waals surface area contributed by atoms with Gasteiger partial charge in [0.2, 0.25) is 0 Å². The lowest BCUT2D eigenvalue weighted by Gasteiger charge is -2.17. The van der Waals surface area contributed by atoms with Crippen molar-refractivity contribution >= 4 is 0 Å². The quantitative estimate of drug-likeness (QED) is 0.829. The molecule has 84 valence electrons. The average molecular weight is 211 g/mol. The zero-order chi connectivity index (χ0) is 11.4. The molecule has 0 aliphatic heterocycles. The highest BCUT2D eigenvalue weighted by Gasteiger charge is 2.12. The van der Waals surface area contributed by atoms with Gasteiger partial charge < -0.3 is 10.5 Å². The summed E-state index contributed by atoms with van der Waals surface area (Å²) in [5.41, 5.74) is 6.66. The predicted octanol–water partition coefficient (Wildman–Crippen LogP) is 2.36. The number of hydrogen-bond donors (Lipinski definition) is 1. The van der Waals surface area contributed by atoms with Crippen molar-refractivity contribution in [2.24, 2.45) is 11.7 Å². The number of halogens is 1. The molecule has 15 heavy (non-hydrogen) atoms. The van der Waals surface area contributed by atoms with Crippen molar-refractivity contribution in [3.8, 4) is 5.75 Å². The molecular formula is C12H18FNO. The SMILES string of the molecule is COc1ccc(F)cc1CC(C)C(C)N. The van der Waals surface area contributed by atoms with E-state index < -0.39 is 0 Å². The molecule has 0 radical (unpaired) electrons. The fraction of sp³-hybridized carbons (Fsp3) is 0.500. The van der Waals surface area contributed by atoms with Gasteiger partial charge in [0.25, 0.3) is 0 Å². The summed E-state index contributed by atoms with van der Waals surface area (Å²) in [5, 5.41) is 0. The second-order valence-electron chi connectivity index (χ2n) is 4.00. The molecule has 2 N–H and O–H groups in total. The minimum atomic E-state index is -0.234. The Morgan fingerprint density at radius 2 is 2.07 bits per heavy atom. The van der Waals surface area contributed by atoms with Crippen molar-refractivity contribution < 1.29 is 9.13 Å². The molecule has 0 aliphatic rings. The normalized spacial score (nSPS) is 14.7. The summed E-state index contributed by atoms with van der Waals surface area (Å²) >= 11 is 0. The average Bonchev–Trinajstić information content (AvgIpc) is 2.18. The third kappa shape index (κ3) is 3.20. The van der Waals surface area contributed by atoms with Gasteiger partial charge in [-0.3, -0.25) is 0 Å². The van der Waals surface area contributed by atoms with Gasteiger partial charge in [-0.2, -0.15) is 0 Å². The third-order valence-corrected chi connectivity index (χ3v) is 2.68. The van der Waals surface area contributed by atoms with Crippen LogP contribution in [0.3, 0.4) is 0 Å². The number of benzene rings is 1. The lowest BCUT2D eigenvalue weighted by molar-refractivity contribution is 0.399. The van der Waals surface area contributed by atoms with E-state index >= 15 is 0 Å².